The number of hydrogen-bond donors (Lipinski definition) is 1. The minimum absolute atomic E-state index is 0.285. The van der Waals surface area contributed by atoms with Gasteiger partial charge >= 0.3 is 0 Å². The molecule has 1 rings (SSSR count). The molecule has 7 heteroatoms. The van der Waals surface area contributed by atoms with Crippen molar-refractivity contribution in [2.24, 2.45) is 0 Å². The molecule has 0 spiro atoms. The molecule has 3 nitrogen and oxygen atoms in total. The van der Waals surface area contributed by atoms with E-state index in [0.717, 1.165) is 12.1 Å². The standard InChI is InChI=1S/C9H10BrF2NO2S/c1-6(13-16(14,15)5-10)9-7(11)3-2-4-8(9)12/h2-4,6,13H,5H2,1H3. The maximum absolute atomic E-state index is 13.3. The number of nitrogens with one attached hydrogen (secondary N) is 1. The lowest BCUT2D eigenvalue weighted by molar-refractivity contribution is 0.516. The van der Waals surface area contributed by atoms with E-state index < -0.39 is 27.7 Å². The summed E-state index contributed by atoms with van der Waals surface area (Å²) in [6, 6.07) is 2.43. The second-order valence-electron chi connectivity index (χ2n) is 3.20. The average Bonchev–Trinajstić information content (AvgIpc) is 2.16. The Hall–Kier alpha value is -0.530. The Kier molecular flexibility index (Phi) is 4.40. The first kappa shape index (κ1) is 13.5. The molecule has 1 N–H and O–H groups in total. The first-order chi connectivity index (χ1) is 7.37. The van der Waals surface area contributed by atoms with Crippen LogP contribution in [0.5, 0.6) is 0 Å². The third-order valence-corrected chi connectivity index (χ3v) is 4.74. The van der Waals surface area contributed by atoms with Crippen molar-refractivity contribution in [2.45, 2.75) is 13.0 Å². The summed E-state index contributed by atoms with van der Waals surface area (Å²) in [6.07, 6.45) is 0. The van der Waals surface area contributed by atoms with Crippen LogP contribution in [0, 0.1) is 11.6 Å². The average molecular weight is 314 g/mol. The lowest BCUT2D eigenvalue weighted by Gasteiger charge is -2.14. The van der Waals surface area contributed by atoms with Crippen LogP contribution in [0.4, 0.5) is 8.78 Å². The molecule has 0 fully saturated rings. The molecular formula is C9H10BrF2NO2S. The number of halogens is 3. The highest BCUT2D eigenvalue weighted by molar-refractivity contribution is 9.10. The predicted molar refractivity (Wildman–Crippen MR) is 60.6 cm³/mol. The van der Waals surface area contributed by atoms with E-state index in [0.29, 0.717) is 0 Å². The highest BCUT2D eigenvalue weighted by Gasteiger charge is 2.20. The van der Waals surface area contributed by atoms with Crippen molar-refractivity contribution in [3.63, 3.8) is 0 Å². The molecule has 1 atom stereocenters. The van der Waals surface area contributed by atoms with Crippen LogP contribution in [0.3, 0.4) is 0 Å². The Morgan fingerprint density at radius 2 is 1.88 bits per heavy atom. The van der Waals surface area contributed by atoms with E-state index in [1.165, 1.54) is 13.0 Å². The molecular weight excluding hydrogens is 304 g/mol. The van der Waals surface area contributed by atoms with Gasteiger partial charge in [-0.15, -0.1) is 0 Å². The highest BCUT2D eigenvalue weighted by Crippen LogP contribution is 2.21. The summed E-state index contributed by atoms with van der Waals surface area (Å²) in [4.78, 5) is 0. The maximum atomic E-state index is 13.3. The summed E-state index contributed by atoms with van der Waals surface area (Å²) in [7, 11) is -3.57. The van der Waals surface area contributed by atoms with Crippen LogP contribution in [-0.4, -0.2) is 13.1 Å². The van der Waals surface area contributed by atoms with E-state index in [1.807, 2.05) is 0 Å². The zero-order valence-electron chi connectivity index (χ0n) is 8.38. The molecule has 0 amide bonds. The second kappa shape index (κ2) is 5.20. The van der Waals surface area contributed by atoms with Gasteiger partial charge in [-0.3, -0.25) is 0 Å². The van der Waals surface area contributed by atoms with Crippen molar-refractivity contribution in [3.8, 4) is 0 Å². The van der Waals surface area contributed by atoms with E-state index in [2.05, 4.69) is 20.7 Å². The van der Waals surface area contributed by atoms with Gasteiger partial charge in [-0.05, 0) is 19.1 Å². The third-order valence-electron chi connectivity index (χ3n) is 1.93. The minimum atomic E-state index is -3.57. The summed E-state index contributed by atoms with van der Waals surface area (Å²) in [5.41, 5.74) is -0.285. The van der Waals surface area contributed by atoms with E-state index in [1.54, 1.807) is 0 Å². The van der Waals surface area contributed by atoms with Crippen LogP contribution in [0.15, 0.2) is 18.2 Å². The Labute approximate surface area is 101 Å². The first-order valence-electron chi connectivity index (χ1n) is 4.37. The van der Waals surface area contributed by atoms with Crippen molar-refractivity contribution in [1.29, 1.82) is 0 Å². The third kappa shape index (κ3) is 3.23. The normalized spacial score (nSPS) is 13.8. The van der Waals surface area contributed by atoms with E-state index in [-0.39, 0.29) is 10.2 Å². The van der Waals surface area contributed by atoms with Gasteiger partial charge in [0.1, 0.15) is 16.3 Å². The molecule has 0 saturated carbocycles. The van der Waals surface area contributed by atoms with Crippen LogP contribution in [-0.2, 0) is 10.0 Å². The van der Waals surface area contributed by atoms with Crippen LogP contribution in [0.25, 0.3) is 0 Å². The molecule has 0 radical (unpaired) electrons. The summed E-state index contributed by atoms with van der Waals surface area (Å²) in [5, 5.41) is 0. The Bertz CT molecular complexity index is 458. The Morgan fingerprint density at radius 3 is 2.31 bits per heavy atom. The van der Waals surface area contributed by atoms with Crippen LogP contribution in [0.2, 0.25) is 0 Å². The monoisotopic (exact) mass is 313 g/mol. The largest absolute Gasteiger partial charge is 0.222 e. The van der Waals surface area contributed by atoms with Crippen molar-refractivity contribution in [1.82, 2.24) is 4.72 Å². The summed E-state index contributed by atoms with van der Waals surface area (Å²) in [6.45, 7) is 1.38. The van der Waals surface area contributed by atoms with E-state index >= 15 is 0 Å². The van der Waals surface area contributed by atoms with Crippen LogP contribution in [0.1, 0.15) is 18.5 Å². The number of rotatable bonds is 4. The van der Waals surface area contributed by atoms with Gasteiger partial charge in [0.2, 0.25) is 10.0 Å². The smallest absolute Gasteiger partial charge is 0.212 e. The van der Waals surface area contributed by atoms with Gasteiger partial charge in [-0.25, -0.2) is 21.9 Å². The zero-order chi connectivity index (χ0) is 12.3. The van der Waals surface area contributed by atoms with Crippen molar-refractivity contribution in [2.75, 3.05) is 4.66 Å². The molecule has 0 aliphatic carbocycles. The van der Waals surface area contributed by atoms with Gasteiger partial charge in [-0.1, -0.05) is 22.0 Å². The predicted octanol–water partition coefficient (Wildman–Crippen LogP) is 2.30. The fourth-order valence-corrected chi connectivity index (χ4v) is 2.40. The zero-order valence-corrected chi connectivity index (χ0v) is 10.8. The quantitative estimate of drug-likeness (QED) is 0.867. The SMILES string of the molecule is CC(NS(=O)(=O)CBr)c1c(F)cccc1F. The Balaban J connectivity index is 3.02. The Morgan fingerprint density at radius 1 is 1.38 bits per heavy atom. The summed E-state index contributed by atoms with van der Waals surface area (Å²) < 4.78 is 50.8. The molecule has 0 saturated heterocycles. The lowest BCUT2D eigenvalue weighted by atomic mass is 10.1. The van der Waals surface area contributed by atoms with Gasteiger partial charge in [0.25, 0.3) is 0 Å². The molecule has 0 heterocycles. The molecule has 0 bridgehead atoms. The van der Waals surface area contributed by atoms with Crippen molar-refractivity contribution in [3.05, 3.63) is 35.4 Å². The molecule has 1 aromatic carbocycles. The molecule has 16 heavy (non-hydrogen) atoms. The summed E-state index contributed by atoms with van der Waals surface area (Å²) >= 11 is 2.77. The molecule has 0 aliphatic heterocycles. The van der Waals surface area contributed by atoms with Gasteiger partial charge in [0, 0.05) is 11.6 Å². The molecule has 1 unspecified atom stereocenters. The first-order valence-corrected chi connectivity index (χ1v) is 7.14. The van der Waals surface area contributed by atoms with Crippen LogP contribution >= 0.6 is 15.9 Å². The fourth-order valence-electron chi connectivity index (χ4n) is 1.28. The molecule has 0 aliphatic rings. The topological polar surface area (TPSA) is 46.2 Å². The molecule has 0 aromatic heterocycles. The highest BCUT2D eigenvalue weighted by atomic mass is 79.9. The second-order valence-corrected chi connectivity index (χ2v) is 6.26. The lowest BCUT2D eigenvalue weighted by Crippen LogP contribution is -2.28. The number of hydrogen-bond acceptors (Lipinski definition) is 2. The van der Waals surface area contributed by atoms with Gasteiger partial charge in [0.15, 0.2) is 0 Å². The van der Waals surface area contributed by atoms with Gasteiger partial charge in [0.05, 0.1) is 0 Å². The number of alkyl halides is 1. The van der Waals surface area contributed by atoms with Gasteiger partial charge in [-0.2, -0.15) is 0 Å². The van der Waals surface area contributed by atoms with Crippen molar-refractivity contribution < 1.29 is 17.2 Å². The number of benzene rings is 1. The fraction of sp³-hybridized carbons (Fsp3) is 0.333. The van der Waals surface area contributed by atoms with Crippen molar-refractivity contribution >= 4 is 26.0 Å². The summed E-state index contributed by atoms with van der Waals surface area (Å²) in [5.74, 6) is -1.55. The van der Waals surface area contributed by atoms with Crippen LogP contribution < -0.4 is 4.72 Å². The molecule has 90 valence electrons. The molecule has 1 aromatic rings. The van der Waals surface area contributed by atoms with E-state index in [4.69, 9.17) is 0 Å². The minimum Gasteiger partial charge on any atom is -0.212 e. The maximum Gasteiger partial charge on any atom is 0.222 e. The number of sulfonamides is 1. The van der Waals surface area contributed by atoms with Gasteiger partial charge < -0.3 is 0 Å². The van der Waals surface area contributed by atoms with E-state index in [9.17, 15) is 17.2 Å².